The van der Waals surface area contributed by atoms with E-state index in [4.69, 9.17) is 39.0 Å². The van der Waals surface area contributed by atoms with Crippen LogP contribution in [-0.2, 0) is 0 Å². The van der Waals surface area contributed by atoms with Crippen LogP contribution in [0.2, 0.25) is 6.04 Å². The second kappa shape index (κ2) is 19.8. The lowest BCUT2D eigenvalue weighted by Crippen LogP contribution is -2.07. The molecule has 0 amide bonds. The van der Waals surface area contributed by atoms with Crippen molar-refractivity contribution in [2.24, 2.45) is 5.73 Å². The summed E-state index contributed by atoms with van der Waals surface area (Å²) in [6.45, 7) is 0.861. The first kappa shape index (κ1) is 26.0. The van der Waals surface area contributed by atoms with Crippen molar-refractivity contribution in [2.45, 2.75) is 122 Å². The molecule has 0 heterocycles. The summed E-state index contributed by atoms with van der Waals surface area (Å²) < 4.78 is 0. The molecule has 0 rings (SSSR count). The quantitative estimate of drug-likeness (QED) is 0.117. The monoisotopic (exact) mass is 429 g/mol. The summed E-state index contributed by atoms with van der Waals surface area (Å²) in [5.41, 5.74) is 5.50. The van der Waals surface area contributed by atoms with Crippen LogP contribution in [0.25, 0.3) is 0 Å². The van der Waals surface area contributed by atoms with E-state index in [1.165, 1.54) is 109 Å². The van der Waals surface area contributed by atoms with Crippen molar-refractivity contribution in [1.29, 1.82) is 0 Å². The Balaban J connectivity index is 3.01. The molecule has 0 aliphatic carbocycles. The first-order chi connectivity index (χ1) is 12.1. The maximum atomic E-state index is 5.88. The van der Waals surface area contributed by atoms with Crippen molar-refractivity contribution in [3.8, 4) is 0 Å². The van der Waals surface area contributed by atoms with Crippen molar-refractivity contribution in [3.63, 3.8) is 0 Å². The Morgan fingerprint density at radius 1 is 0.400 bits per heavy atom. The van der Waals surface area contributed by atoms with Gasteiger partial charge in [-0.1, -0.05) is 109 Å². The first-order valence-electron chi connectivity index (χ1n) is 10.8. The average molecular weight is 431 g/mol. The van der Waals surface area contributed by atoms with Crippen LogP contribution in [0, 0.1) is 0 Å². The molecule has 0 aromatic carbocycles. The van der Waals surface area contributed by atoms with Gasteiger partial charge in [-0.05, 0) is 19.0 Å². The molecule has 5 heteroatoms. The Kier molecular flexibility index (Phi) is 20.6. The molecule has 0 aliphatic heterocycles. The number of halogens is 3. The Morgan fingerprint density at radius 3 is 0.880 bits per heavy atom. The summed E-state index contributed by atoms with van der Waals surface area (Å²) in [6, 6.07) is -1.53. The molecule has 0 aromatic heterocycles. The maximum absolute atomic E-state index is 5.88. The lowest BCUT2D eigenvalue weighted by Gasteiger charge is -2.07. The third kappa shape index (κ3) is 25.0. The van der Waals surface area contributed by atoms with Gasteiger partial charge in [-0.3, -0.25) is 0 Å². The zero-order valence-electron chi connectivity index (χ0n) is 16.4. The van der Waals surface area contributed by atoms with Crippen molar-refractivity contribution in [1.82, 2.24) is 0 Å². The van der Waals surface area contributed by atoms with E-state index in [9.17, 15) is 0 Å². The van der Waals surface area contributed by atoms with Gasteiger partial charge in [0.1, 0.15) is 0 Å². The van der Waals surface area contributed by atoms with Crippen molar-refractivity contribution >= 4 is 39.2 Å². The van der Waals surface area contributed by atoms with Gasteiger partial charge in [-0.2, -0.15) is 0 Å². The molecular formula is C20H42Cl3NSi. The molecule has 0 radical (unpaired) electrons. The van der Waals surface area contributed by atoms with E-state index >= 15 is 0 Å². The normalized spacial score (nSPS) is 12.0. The van der Waals surface area contributed by atoms with Crippen LogP contribution in [0.1, 0.15) is 116 Å². The van der Waals surface area contributed by atoms with Gasteiger partial charge < -0.3 is 5.73 Å². The van der Waals surface area contributed by atoms with Crippen LogP contribution < -0.4 is 5.73 Å². The Bertz CT molecular complexity index is 260. The zero-order valence-corrected chi connectivity index (χ0v) is 19.6. The second-order valence-electron chi connectivity index (χ2n) is 7.52. The van der Waals surface area contributed by atoms with Gasteiger partial charge >= 0.3 is 6.00 Å². The van der Waals surface area contributed by atoms with Gasteiger partial charge in [0, 0.05) is 0 Å². The molecule has 25 heavy (non-hydrogen) atoms. The summed E-state index contributed by atoms with van der Waals surface area (Å²) in [4.78, 5) is 0. The third-order valence-corrected chi connectivity index (χ3v) is 7.54. The fraction of sp³-hybridized carbons (Fsp3) is 1.00. The minimum Gasteiger partial charge on any atom is -0.330 e. The van der Waals surface area contributed by atoms with E-state index in [-0.39, 0.29) is 0 Å². The van der Waals surface area contributed by atoms with E-state index in [0.29, 0.717) is 0 Å². The lowest BCUT2D eigenvalue weighted by molar-refractivity contribution is 0.525. The number of hydrogen-bond acceptors (Lipinski definition) is 1. The minimum absolute atomic E-state index is 0.825. The highest BCUT2D eigenvalue weighted by Gasteiger charge is 2.23. The highest BCUT2D eigenvalue weighted by Crippen LogP contribution is 2.27. The Hall–Kier alpha value is 1.05. The van der Waals surface area contributed by atoms with E-state index in [1.807, 2.05) is 0 Å². The van der Waals surface area contributed by atoms with Crippen LogP contribution in [0.5, 0.6) is 0 Å². The van der Waals surface area contributed by atoms with Crippen LogP contribution >= 0.6 is 33.2 Å². The number of rotatable bonds is 20. The lowest BCUT2D eigenvalue weighted by atomic mass is 10.0. The van der Waals surface area contributed by atoms with Gasteiger partial charge in [0.05, 0.1) is 0 Å². The van der Waals surface area contributed by atoms with E-state index in [2.05, 4.69) is 0 Å². The highest BCUT2D eigenvalue weighted by molar-refractivity contribution is 7.64. The predicted octanol–water partition coefficient (Wildman–Crippen LogP) is 8.62. The molecule has 0 atom stereocenters. The molecule has 0 fully saturated rings. The number of hydrogen-bond donors (Lipinski definition) is 1. The highest BCUT2D eigenvalue weighted by atomic mass is 35.8. The number of nitrogens with two attached hydrogens (primary N) is 1. The van der Waals surface area contributed by atoms with Crippen LogP contribution in [0.15, 0.2) is 0 Å². The fourth-order valence-corrected chi connectivity index (χ4v) is 5.15. The molecule has 0 saturated carbocycles. The molecule has 0 unspecified atom stereocenters. The van der Waals surface area contributed by atoms with Gasteiger partial charge in [0.15, 0.2) is 0 Å². The molecule has 2 N–H and O–H groups in total. The predicted molar refractivity (Wildman–Crippen MR) is 120 cm³/mol. The van der Waals surface area contributed by atoms with Crippen molar-refractivity contribution in [3.05, 3.63) is 0 Å². The smallest absolute Gasteiger partial charge is 0.330 e. The van der Waals surface area contributed by atoms with E-state index < -0.39 is 6.00 Å². The van der Waals surface area contributed by atoms with Gasteiger partial charge in [0.25, 0.3) is 0 Å². The summed E-state index contributed by atoms with van der Waals surface area (Å²) >= 11 is 17.6. The molecule has 0 aliphatic rings. The third-order valence-electron chi connectivity index (χ3n) is 4.91. The first-order valence-corrected chi connectivity index (χ1v) is 16.1. The Morgan fingerprint density at radius 2 is 0.640 bits per heavy atom. The summed E-state index contributed by atoms with van der Waals surface area (Å²) in [5.74, 6) is 0. The maximum Gasteiger partial charge on any atom is 0.341 e. The fourth-order valence-electron chi connectivity index (χ4n) is 3.30. The zero-order chi connectivity index (χ0) is 18.6. The largest absolute Gasteiger partial charge is 0.341 e. The Labute approximate surface area is 172 Å². The van der Waals surface area contributed by atoms with Crippen molar-refractivity contribution in [2.75, 3.05) is 6.54 Å². The average Bonchev–Trinajstić information content (AvgIpc) is 2.56. The molecule has 0 spiro atoms. The van der Waals surface area contributed by atoms with Crippen LogP contribution in [0.4, 0.5) is 0 Å². The minimum atomic E-state index is -2.36. The molecule has 152 valence electrons. The van der Waals surface area contributed by atoms with Gasteiger partial charge in [-0.25, -0.2) is 0 Å². The second-order valence-corrected chi connectivity index (χ2v) is 16.8. The van der Waals surface area contributed by atoms with Crippen molar-refractivity contribution < 1.29 is 0 Å². The molecule has 1 nitrogen and oxygen atoms in total. The molecule has 0 bridgehead atoms. The summed E-state index contributed by atoms with van der Waals surface area (Å²) in [6.07, 6.45) is 24.6. The molecular weight excluding hydrogens is 389 g/mol. The van der Waals surface area contributed by atoms with Crippen LogP contribution in [0.3, 0.4) is 0 Å². The molecule has 0 aromatic rings. The van der Waals surface area contributed by atoms with E-state index in [0.717, 1.165) is 19.0 Å². The van der Waals surface area contributed by atoms with Gasteiger partial charge in [0.2, 0.25) is 0 Å². The van der Waals surface area contributed by atoms with Gasteiger partial charge in [-0.15, -0.1) is 33.2 Å². The number of unbranched alkanes of at least 4 members (excludes halogenated alkanes) is 17. The van der Waals surface area contributed by atoms with E-state index in [1.54, 1.807) is 0 Å². The SMILES string of the molecule is NCCCCCCCCCCCCCCCCCCCC[Si](Cl)(Cl)Cl. The standard InChI is InChI=1S/C20H42Cl3NSi/c21-25(22,23)20-18-16-14-12-10-8-6-4-2-1-3-5-7-9-11-13-15-17-19-24/h1-20,24H2. The molecule has 0 saturated heterocycles. The topological polar surface area (TPSA) is 26.0 Å². The van der Waals surface area contributed by atoms with Crippen LogP contribution in [-0.4, -0.2) is 12.5 Å². The summed E-state index contributed by atoms with van der Waals surface area (Å²) in [7, 11) is 0. The summed E-state index contributed by atoms with van der Waals surface area (Å²) in [5, 5.41) is 0.